The van der Waals surface area contributed by atoms with Crippen LogP contribution >= 0.6 is 22.7 Å². The van der Waals surface area contributed by atoms with Gasteiger partial charge in [-0.2, -0.15) is 0 Å². The van der Waals surface area contributed by atoms with Crippen LogP contribution in [0.4, 0.5) is 0 Å². The van der Waals surface area contributed by atoms with Gasteiger partial charge in [-0.25, -0.2) is 0 Å². The molecule has 1 atom stereocenters. The molecule has 0 bridgehead atoms. The van der Waals surface area contributed by atoms with E-state index in [2.05, 4.69) is 48.0 Å². The van der Waals surface area contributed by atoms with Gasteiger partial charge in [-0.15, -0.1) is 22.7 Å². The Morgan fingerprint density at radius 2 is 2.08 bits per heavy atom. The molecule has 0 aliphatic carbocycles. The van der Waals surface area contributed by atoms with E-state index in [0.29, 0.717) is 6.42 Å². The number of aryl methyl sites for hydroxylation is 1. The zero-order valence-corrected chi connectivity index (χ0v) is 16.0. The van der Waals surface area contributed by atoms with Gasteiger partial charge in [0.05, 0.1) is 12.0 Å². The Balaban J connectivity index is 1.81. The molecule has 1 saturated heterocycles. The number of nitrogens with zero attached hydrogens (tertiary/aromatic N) is 1. The number of guanidine groups is 1. The fourth-order valence-corrected chi connectivity index (χ4v) is 5.17. The first kappa shape index (κ1) is 16.3. The fraction of sp³-hybridized carbons (Fsp3) is 0.263. The largest absolute Gasteiger partial charge is 0.346 e. The van der Waals surface area contributed by atoms with Gasteiger partial charge in [-0.1, -0.05) is 6.07 Å². The summed E-state index contributed by atoms with van der Waals surface area (Å²) >= 11 is 3.54. The maximum absolute atomic E-state index is 12.2. The Labute approximate surface area is 154 Å². The van der Waals surface area contributed by atoms with Crippen molar-refractivity contribution >= 4 is 44.6 Å². The molecule has 128 valence electrons. The Morgan fingerprint density at radius 3 is 2.76 bits per heavy atom. The molecule has 0 saturated carbocycles. The van der Waals surface area contributed by atoms with E-state index in [4.69, 9.17) is 5.41 Å². The van der Waals surface area contributed by atoms with E-state index >= 15 is 0 Å². The van der Waals surface area contributed by atoms with E-state index in [1.807, 2.05) is 6.92 Å². The second kappa shape index (κ2) is 5.68. The Bertz CT molecular complexity index is 983. The highest BCUT2D eigenvalue weighted by Crippen LogP contribution is 2.40. The normalized spacial score (nSPS) is 21.0. The van der Waals surface area contributed by atoms with E-state index in [-0.39, 0.29) is 11.9 Å². The van der Waals surface area contributed by atoms with Crippen molar-refractivity contribution in [1.82, 2.24) is 10.2 Å². The molecule has 25 heavy (non-hydrogen) atoms. The zero-order chi connectivity index (χ0) is 17.8. The molecule has 4 nitrogen and oxygen atoms in total. The summed E-state index contributed by atoms with van der Waals surface area (Å²) in [6.07, 6.45) is 0.342. The molecule has 3 aromatic rings. The summed E-state index contributed by atoms with van der Waals surface area (Å²) < 4.78 is 1.24. The van der Waals surface area contributed by atoms with Crippen LogP contribution in [0, 0.1) is 12.3 Å². The van der Waals surface area contributed by atoms with Crippen LogP contribution in [0.2, 0.25) is 0 Å². The number of carbonyl (C=O) groups excluding carboxylic acids is 1. The highest BCUT2D eigenvalue weighted by atomic mass is 32.1. The molecule has 3 heterocycles. The minimum atomic E-state index is -0.556. The number of benzene rings is 1. The first-order chi connectivity index (χ1) is 11.9. The number of nitrogens with one attached hydrogen (secondary N) is 2. The van der Waals surface area contributed by atoms with Gasteiger partial charge in [0.2, 0.25) is 5.91 Å². The molecule has 4 rings (SSSR count). The summed E-state index contributed by atoms with van der Waals surface area (Å²) in [6.45, 7) is 4.11. The van der Waals surface area contributed by atoms with E-state index < -0.39 is 5.54 Å². The predicted octanol–water partition coefficient (Wildman–Crippen LogP) is 4.54. The lowest BCUT2D eigenvalue weighted by Gasteiger charge is -2.39. The number of hydrogen-bond donors (Lipinski definition) is 2. The molecule has 1 amide bonds. The topological polar surface area (TPSA) is 56.2 Å². The number of hydrogen-bond acceptors (Lipinski definition) is 4. The molecule has 6 heteroatoms. The number of rotatable bonds is 2. The van der Waals surface area contributed by atoms with Crippen molar-refractivity contribution in [2.75, 3.05) is 7.05 Å². The van der Waals surface area contributed by atoms with E-state index in [1.54, 1.807) is 29.7 Å². The lowest BCUT2D eigenvalue weighted by Crippen LogP contribution is -2.58. The molecule has 0 radical (unpaired) electrons. The molecular weight excluding hydrogens is 350 g/mol. The quantitative estimate of drug-likeness (QED) is 0.697. The van der Waals surface area contributed by atoms with Crippen molar-refractivity contribution in [1.29, 1.82) is 5.41 Å². The highest BCUT2D eigenvalue weighted by Gasteiger charge is 2.38. The van der Waals surface area contributed by atoms with Crippen LogP contribution in [0.25, 0.3) is 20.5 Å². The van der Waals surface area contributed by atoms with Crippen LogP contribution < -0.4 is 5.32 Å². The van der Waals surface area contributed by atoms with Gasteiger partial charge in [0.1, 0.15) is 0 Å². The highest BCUT2D eigenvalue weighted by molar-refractivity contribution is 7.19. The third kappa shape index (κ3) is 2.65. The minimum Gasteiger partial charge on any atom is -0.346 e. The van der Waals surface area contributed by atoms with Crippen LogP contribution in [0.3, 0.4) is 0 Å². The first-order valence-electron chi connectivity index (χ1n) is 8.09. The molecule has 2 N–H and O–H groups in total. The molecule has 1 aromatic carbocycles. The number of carbonyl (C=O) groups is 1. The van der Waals surface area contributed by atoms with E-state index in [0.717, 1.165) is 5.56 Å². The van der Waals surface area contributed by atoms with Crippen molar-refractivity contribution in [3.63, 3.8) is 0 Å². The Hall–Kier alpha value is -2.18. The van der Waals surface area contributed by atoms with Gasteiger partial charge in [0.25, 0.3) is 0 Å². The van der Waals surface area contributed by atoms with Crippen molar-refractivity contribution in [3.8, 4) is 10.4 Å². The average Bonchev–Trinajstić information content (AvgIpc) is 3.17. The summed E-state index contributed by atoms with van der Waals surface area (Å²) in [4.78, 5) is 16.2. The second-order valence-electron chi connectivity index (χ2n) is 6.71. The lowest BCUT2D eigenvalue weighted by atomic mass is 9.86. The third-order valence-electron chi connectivity index (χ3n) is 4.83. The van der Waals surface area contributed by atoms with Crippen LogP contribution in [-0.2, 0) is 10.3 Å². The molecule has 0 unspecified atom stereocenters. The Morgan fingerprint density at radius 1 is 1.28 bits per heavy atom. The van der Waals surface area contributed by atoms with E-state index in [9.17, 15) is 4.79 Å². The van der Waals surface area contributed by atoms with Gasteiger partial charge in [0, 0.05) is 37.8 Å². The molecule has 1 aliphatic heterocycles. The molecular formula is C19H19N3OS2. The monoisotopic (exact) mass is 369 g/mol. The zero-order valence-electron chi connectivity index (χ0n) is 14.3. The molecule has 1 aliphatic rings. The van der Waals surface area contributed by atoms with Crippen molar-refractivity contribution in [2.45, 2.75) is 25.8 Å². The smallest absolute Gasteiger partial charge is 0.231 e. The lowest BCUT2D eigenvalue weighted by molar-refractivity contribution is -0.129. The second-order valence-corrected chi connectivity index (χ2v) is 8.90. The van der Waals surface area contributed by atoms with E-state index in [1.165, 1.54) is 30.3 Å². The third-order valence-corrected chi connectivity index (χ3v) is 6.82. The van der Waals surface area contributed by atoms with Crippen LogP contribution in [0.1, 0.15) is 23.8 Å². The summed E-state index contributed by atoms with van der Waals surface area (Å²) in [5.74, 6) is 0.115. The standard InChI is InChI=1S/C19H19N3OS2/c1-11-4-6-16(25-11)14-10-24-15-7-5-12(8-13(14)15)19(2)9-17(23)22(3)18(20)21-19/h4-8,10H,9H2,1-3H3,(H2,20,21)/t19-/m0/s1. The van der Waals surface area contributed by atoms with Crippen LogP contribution in [-0.4, -0.2) is 23.8 Å². The van der Waals surface area contributed by atoms with Crippen LogP contribution in [0.15, 0.2) is 35.7 Å². The summed E-state index contributed by atoms with van der Waals surface area (Å²) in [6, 6.07) is 10.7. The predicted molar refractivity (Wildman–Crippen MR) is 105 cm³/mol. The molecule has 1 fully saturated rings. The number of amides is 1. The Kier molecular flexibility index (Phi) is 3.70. The van der Waals surface area contributed by atoms with Crippen molar-refractivity contribution in [2.24, 2.45) is 0 Å². The summed E-state index contributed by atoms with van der Waals surface area (Å²) in [5.41, 5.74) is 1.73. The van der Waals surface area contributed by atoms with Gasteiger partial charge in [-0.3, -0.25) is 15.1 Å². The molecule has 0 spiro atoms. The fourth-order valence-electron chi connectivity index (χ4n) is 3.25. The van der Waals surface area contributed by atoms with Crippen molar-refractivity contribution in [3.05, 3.63) is 46.2 Å². The van der Waals surface area contributed by atoms with Crippen LogP contribution in [0.5, 0.6) is 0 Å². The average molecular weight is 370 g/mol. The first-order valence-corrected chi connectivity index (χ1v) is 9.79. The number of thiophene rings is 2. The van der Waals surface area contributed by atoms with Crippen molar-refractivity contribution < 1.29 is 4.79 Å². The SMILES string of the molecule is Cc1ccc(-c2csc3ccc([C@]4(C)CC(=O)N(C)C(=N)N4)cc23)s1. The summed E-state index contributed by atoms with van der Waals surface area (Å²) in [5, 5.41) is 14.7. The summed E-state index contributed by atoms with van der Waals surface area (Å²) in [7, 11) is 1.64. The van der Waals surface area contributed by atoms with Gasteiger partial charge in [-0.05, 0) is 43.7 Å². The maximum Gasteiger partial charge on any atom is 0.231 e. The molecule has 2 aromatic heterocycles. The number of fused-ring (bicyclic) bond motifs is 1. The van der Waals surface area contributed by atoms with Gasteiger partial charge >= 0.3 is 0 Å². The maximum atomic E-state index is 12.2. The van der Waals surface area contributed by atoms with Gasteiger partial charge < -0.3 is 5.32 Å². The minimum absolute atomic E-state index is 0.0363. The van der Waals surface area contributed by atoms with Gasteiger partial charge in [0.15, 0.2) is 5.96 Å².